The van der Waals surface area contributed by atoms with Gasteiger partial charge in [-0.05, 0) is 37.1 Å². The van der Waals surface area contributed by atoms with Crippen LogP contribution in [0.1, 0.15) is 23.2 Å². The normalized spacial score (nSPS) is 16.0. The zero-order chi connectivity index (χ0) is 26.7. The average molecular weight is 569 g/mol. The number of hydrogen-bond donors (Lipinski definition) is 4. The Hall–Kier alpha value is -2.67. The van der Waals surface area contributed by atoms with Crippen LogP contribution in [0.5, 0.6) is 5.75 Å². The number of carbonyl (C=O) groups excluding carboxylic acids is 1. The Bertz CT molecular complexity index is 1470. The number of nitrogens with two attached hydrogens (primary N) is 1. The lowest BCUT2D eigenvalue weighted by molar-refractivity contribution is 0.0594. The molecule has 1 atom stereocenters. The lowest BCUT2D eigenvalue weighted by Crippen LogP contribution is -2.45. The third-order valence-electron chi connectivity index (χ3n) is 6.14. The number of aliphatic hydroxyl groups excluding tert-OH is 1. The zero-order valence-corrected chi connectivity index (χ0v) is 21.9. The number of rotatable bonds is 8. The fourth-order valence-electron chi connectivity index (χ4n) is 4.22. The number of sulfonamides is 1. The summed E-state index contributed by atoms with van der Waals surface area (Å²) in [6.45, 7) is 1.79. The molecule has 5 N–H and O–H groups in total. The molecule has 0 bridgehead atoms. The second-order valence-electron chi connectivity index (χ2n) is 8.84. The van der Waals surface area contributed by atoms with Gasteiger partial charge in [0.1, 0.15) is 11.9 Å². The van der Waals surface area contributed by atoms with Gasteiger partial charge in [-0.1, -0.05) is 29.3 Å². The summed E-state index contributed by atoms with van der Waals surface area (Å²) < 4.78 is 29.2. The summed E-state index contributed by atoms with van der Waals surface area (Å²) in [7, 11) is -4.01. The van der Waals surface area contributed by atoms with Crippen molar-refractivity contribution in [1.29, 1.82) is 0 Å². The number of fused-ring (bicyclic) bond motifs is 1. The summed E-state index contributed by atoms with van der Waals surface area (Å²) in [6, 6.07) is 8.88. The Balaban J connectivity index is 1.29. The maximum absolute atomic E-state index is 12.8. The van der Waals surface area contributed by atoms with Gasteiger partial charge in [0, 0.05) is 49.2 Å². The van der Waals surface area contributed by atoms with Crippen LogP contribution >= 0.6 is 23.2 Å². The number of β-amino-alcohol motifs (C(OH)–C–C–N with tert-alkyl or cyclic N) is 1. The number of hydrogen-bond acceptors (Lipinski definition) is 7. The molecule has 4 rings (SSSR count). The van der Waals surface area contributed by atoms with Crippen LogP contribution in [0.15, 0.2) is 52.3 Å². The molecule has 1 aromatic heterocycles. The number of nitrogens with zero attached hydrogens (tertiary/aromatic N) is 1. The Kier molecular flexibility index (Phi) is 8.42. The summed E-state index contributed by atoms with van der Waals surface area (Å²) in [4.78, 5) is 29.3. The van der Waals surface area contributed by atoms with Crippen molar-refractivity contribution in [2.75, 3.05) is 26.2 Å². The highest BCUT2D eigenvalue weighted by molar-refractivity contribution is 7.89. The molecule has 0 saturated carbocycles. The molecule has 0 spiro atoms. The van der Waals surface area contributed by atoms with Crippen LogP contribution in [0.25, 0.3) is 10.8 Å². The van der Waals surface area contributed by atoms with E-state index in [1.165, 1.54) is 18.3 Å². The molecule has 37 heavy (non-hydrogen) atoms. The second-order valence-corrected chi connectivity index (χ2v) is 11.2. The Labute approximate surface area is 223 Å². The van der Waals surface area contributed by atoms with Crippen molar-refractivity contribution in [3.05, 3.63) is 68.6 Å². The van der Waals surface area contributed by atoms with Gasteiger partial charge in [-0.25, -0.2) is 13.6 Å². The molecule has 0 aliphatic carbocycles. The Morgan fingerprint density at radius 3 is 2.57 bits per heavy atom. The number of piperidine rings is 1. The molecule has 1 saturated heterocycles. The first-order chi connectivity index (χ1) is 17.5. The van der Waals surface area contributed by atoms with Gasteiger partial charge in [-0.2, -0.15) is 0 Å². The predicted octanol–water partition coefficient (Wildman–Crippen LogP) is 2.12. The van der Waals surface area contributed by atoms with Crippen molar-refractivity contribution < 1.29 is 23.1 Å². The molecule has 0 unspecified atom stereocenters. The molecule has 198 valence electrons. The summed E-state index contributed by atoms with van der Waals surface area (Å²) in [6.07, 6.45) is 1.99. The monoisotopic (exact) mass is 568 g/mol. The van der Waals surface area contributed by atoms with Crippen LogP contribution in [0, 0.1) is 0 Å². The molecule has 10 nitrogen and oxygen atoms in total. The summed E-state index contributed by atoms with van der Waals surface area (Å²) in [5, 5.41) is 19.5. The maximum Gasteiger partial charge on any atom is 0.255 e. The van der Waals surface area contributed by atoms with Crippen LogP contribution in [-0.4, -0.2) is 67.7 Å². The first kappa shape index (κ1) is 27.4. The summed E-state index contributed by atoms with van der Waals surface area (Å²) in [5.74, 6) is 0.142. The molecule has 1 amide bonds. The lowest BCUT2D eigenvalue weighted by Gasteiger charge is -2.33. The number of pyridine rings is 1. The SMILES string of the molecule is NS(=O)(=O)c1ccc2c(C(=O)NC[C@@H](O)CN3CCC(Oc4ccc(Cl)c(Cl)c4)CC3)c[nH]c(=O)c2c1. The van der Waals surface area contributed by atoms with Gasteiger partial charge in [0.25, 0.3) is 11.5 Å². The highest BCUT2D eigenvalue weighted by Gasteiger charge is 2.23. The van der Waals surface area contributed by atoms with Crippen molar-refractivity contribution in [3.63, 3.8) is 0 Å². The number of H-pyrrole nitrogens is 1. The Morgan fingerprint density at radius 2 is 1.89 bits per heavy atom. The minimum Gasteiger partial charge on any atom is -0.490 e. The van der Waals surface area contributed by atoms with E-state index >= 15 is 0 Å². The number of halogens is 2. The van der Waals surface area contributed by atoms with E-state index < -0.39 is 27.6 Å². The number of primary sulfonamides is 1. The van der Waals surface area contributed by atoms with Gasteiger partial charge in [-0.15, -0.1) is 0 Å². The molecule has 2 aromatic carbocycles. The van der Waals surface area contributed by atoms with Gasteiger partial charge < -0.3 is 25.0 Å². The van der Waals surface area contributed by atoms with Crippen LogP contribution in [0.2, 0.25) is 10.0 Å². The first-order valence-corrected chi connectivity index (χ1v) is 13.8. The molecular formula is C24H26Cl2N4O6S. The molecule has 1 aliphatic heterocycles. The molecule has 0 radical (unpaired) electrons. The second kappa shape index (κ2) is 11.4. The minimum absolute atomic E-state index is 0.00554. The van der Waals surface area contributed by atoms with Gasteiger partial charge in [-0.3, -0.25) is 9.59 Å². The van der Waals surface area contributed by atoms with Crippen molar-refractivity contribution in [1.82, 2.24) is 15.2 Å². The average Bonchev–Trinajstić information content (AvgIpc) is 2.85. The van der Waals surface area contributed by atoms with Crippen LogP contribution in [0.4, 0.5) is 0 Å². The number of ether oxygens (including phenoxy) is 1. The number of aliphatic hydroxyl groups is 1. The molecule has 2 heterocycles. The molecular weight excluding hydrogens is 543 g/mol. The van der Waals surface area contributed by atoms with Gasteiger partial charge in [0.05, 0.1) is 26.6 Å². The number of amides is 1. The topological polar surface area (TPSA) is 155 Å². The Morgan fingerprint density at radius 1 is 1.16 bits per heavy atom. The predicted molar refractivity (Wildman–Crippen MR) is 141 cm³/mol. The van der Waals surface area contributed by atoms with Crippen LogP contribution in [-0.2, 0) is 10.0 Å². The van der Waals surface area contributed by atoms with E-state index in [0.29, 0.717) is 35.4 Å². The van der Waals surface area contributed by atoms with Crippen molar-refractivity contribution >= 4 is 49.9 Å². The van der Waals surface area contributed by atoms with Gasteiger partial charge in [0.15, 0.2) is 0 Å². The number of aromatic nitrogens is 1. The summed E-state index contributed by atoms with van der Waals surface area (Å²) >= 11 is 12.0. The fourth-order valence-corrected chi connectivity index (χ4v) is 5.05. The molecule has 1 aliphatic rings. The largest absolute Gasteiger partial charge is 0.490 e. The highest BCUT2D eigenvalue weighted by Crippen LogP contribution is 2.28. The van der Waals surface area contributed by atoms with Crippen LogP contribution < -0.4 is 20.8 Å². The number of carbonyl (C=O) groups is 1. The minimum atomic E-state index is -4.01. The number of aromatic amines is 1. The van der Waals surface area contributed by atoms with E-state index in [-0.39, 0.29) is 33.9 Å². The van der Waals surface area contributed by atoms with E-state index in [2.05, 4.69) is 15.2 Å². The standard InChI is InChI=1S/C24H26Cl2N4O6S/c25-21-4-1-16(9-22(21)26)36-15-5-7-30(8-6-15)13-14(31)11-28-24(33)20-12-29-23(32)19-10-17(37(27,34)35)2-3-18(19)20/h1-4,9-10,12,14-15,31H,5-8,11,13H2,(H,28,33)(H,29,32)(H2,27,34,35)/t14-/m1/s1. The number of likely N-dealkylation sites (tertiary alicyclic amines) is 1. The zero-order valence-electron chi connectivity index (χ0n) is 19.6. The van der Waals surface area contributed by atoms with Crippen molar-refractivity contribution in [2.45, 2.75) is 29.9 Å². The van der Waals surface area contributed by atoms with E-state index in [9.17, 15) is 23.1 Å². The van der Waals surface area contributed by atoms with Gasteiger partial charge in [0.2, 0.25) is 10.0 Å². The first-order valence-electron chi connectivity index (χ1n) is 11.5. The highest BCUT2D eigenvalue weighted by atomic mass is 35.5. The molecule has 3 aromatic rings. The quantitative estimate of drug-likeness (QED) is 0.324. The van der Waals surface area contributed by atoms with Crippen LogP contribution in [0.3, 0.4) is 0 Å². The molecule has 1 fully saturated rings. The fraction of sp³-hybridized carbons (Fsp3) is 0.333. The van der Waals surface area contributed by atoms with Crippen molar-refractivity contribution in [2.24, 2.45) is 5.14 Å². The molecule has 13 heteroatoms. The maximum atomic E-state index is 12.8. The van der Waals surface area contributed by atoms with E-state index in [4.69, 9.17) is 33.1 Å². The van der Waals surface area contributed by atoms with E-state index in [0.717, 1.165) is 18.9 Å². The number of benzene rings is 2. The lowest BCUT2D eigenvalue weighted by atomic mass is 10.1. The van der Waals surface area contributed by atoms with E-state index in [1.54, 1.807) is 18.2 Å². The summed E-state index contributed by atoms with van der Waals surface area (Å²) in [5.41, 5.74) is -0.410. The third-order valence-corrected chi connectivity index (χ3v) is 7.79. The van der Waals surface area contributed by atoms with E-state index in [1.807, 2.05) is 0 Å². The van der Waals surface area contributed by atoms with Crippen molar-refractivity contribution in [3.8, 4) is 5.75 Å². The number of nitrogens with one attached hydrogen (secondary N) is 2. The smallest absolute Gasteiger partial charge is 0.255 e. The van der Waals surface area contributed by atoms with Gasteiger partial charge >= 0.3 is 0 Å². The third kappa shape index (κ3) is 6.81.